The standard InChI is InChI=1S/C16H14BrF2N/c17-12-5-6-13(18)14(15(12)19)16(20)8-7-10-3-1-2-4-11(10)9-16/h1-6H,7-9,20H2. The zero-order valence-corrected chi connectivity index (χ0v) is 12.4. The van der Waals surface area contributed by atoms with Gasteiger partial charge in [-0.25, -0.2) is 8.78 Å². The Bertz CT molecular complexity index is 672. The molecule has 1 aliphatic rings. The molecule has 20 heavy (non-hydrogen) atoms. The minimum Gasteiger partial charge on any atom is -0.321 e. The number of fused-ring (bicyclic) bond motifs is 1. The molecule has 0 saturated carbocycles. The van der Waals surface area contributed by atoms with E-state index >= 15 is 0 Å². The van der Waals surface area contributed by atoms with Crippen molar-refractivity contribution in [1.82, 2.24) is 0 Å². The maximum absolute atomic E-state index is 14.3. The van der Waals surface area contributed by atoms with E-state index in [-0.39, 0.29) is 10.0 Å². The Balaban J connectivity index is 2.10. The van der Waals surface area contributed by atoms with E-state index in [2.05, 4.69) is 15.9 Å². The zero-order chi connectivity index (χ0) is 14.3. The monoisotopic (exact) mass is 337 g/mol. The molecule has 4 heteroatoms. The summed E-state index contributed by atoms with van der Waals surface area (Å²) < 4.78 is 28.6. The van der Waals surface area contributed by atoms with Gasteiger partial charge in [0.2, 0.25) is 0 Å². The summed E-state index contributed by atoms with van der Waals surface area (Å²) in [4.78, 5) is 0. The summed E-state index contributed by atoms with van der Waals surface area (Å²) >= 11 is 3.11. The van der Waals surface area contributed by atoms with Crippen LogP contribution in [0.2, 0.25) is 0 Å². The van der Waals surface area contributed by atoms with E-state index in [0.717, 1.165) is 12.0 Å². The second-order valence-electron chi connectivity index (χ2n) is 5.32. The van der Waals surface area contributed by atoms with Gasteiger partial charge in [-0.2, -0.15) is 0 Å². The average molecular weight is 338 g/mol. The van der Waals surface area contributed by atoms with Gasteiger partial charge in [0.1, 0.15) is 11.6 Å². The first kappa shape index (κ1) is 13.7. The normalized spacial score (nSPS) is 21.6. The van der Waals surface area contributed by atoms with Crippen LogP contribution in [0.25, 0.3) is 0 Å². The molecule has 2 aromatic rings. The summed E-state index contributed by atoms with van der Waals surface area (Å²) in [5.74, 6) is -1.17. The van der Waals surface area contributed by atoms with Crippen LogP contribution in [0.4, 0.5) is 8.78 Å². The fourth-order valence-corrected chi connectivity index (χ4v) is 3.29. The van der Waals surface area contributed by atoms with E-state index in [1.165, 1.54) is 17.7 Å². The number of hydrogen-bond donors (Lipinski definition) is 1. The van der Waals surface area contributed by atoms with Gasteiger partial charge in [0.15, 0.2) is 0 Å². The van der Waals surface area contributed by atoms with Crippen LogP contribution in [0.15, 0.2) is 40.9 Å². The van der Waals surface area contributed by atoms with Gasteiger partial charge in [-0.05, 0) is 58.5 Å². The molecule has 0 bridgehead atoms. The maximum Gasteiger partial charge on any atom is 0.145 e. The van der Waals surface area contributed by atoms with Crippen molar-refractivity contribution in [2.24, 2.45) is 5.73 Å². The van der Waals surface area contributed by atoms with Gasteiger partial charge < -0.3 is 5.73 Å². The van der Waals surface area contributed by atoms with Crippen molar-refractivity contribution >= 4 is 15.9 Å². The second kappa shape index (κ2) is 4.93. The summed E-state index contributed by atoms with van der Waals surface area (Å²) in [7, 11) is 0. The molecule has 3 rings (SSSR count). The molecule has 1 unspecified atom stereocenters. The lowest BCUT2D eigenvalue weighted by molar-refractivity contribution is 0.349. The van der Waals surface area contributed by atoms with Crippen molar-refractivity contribution in [2.75, 3.05) is 0 Å². The van der Waals surface area contributed by atoms with E-state index in [9.17, 15) is 8.78 Å². The largest absolute Gasteiger partial charge is 0.321 e. The van der Waals surface area contributed by atoms with Crippen LogP contribution in [0, 0.1) is 11.6 Å². The Morgan fingerprint density at radius 1 is 1.05 bits per heavy atom. The third-order valence-corrected chi connectivity index (χ3v) is 4.62. The van der Waals surface area contributed by atoms with Crippen LogP contribution in [-0.2, 0) is 18.4 Å². The van der Waals surface area contributed by atoms with Gasteiger partial charge in [0.05, 0.1) is 10.0 Å². The molecule has 0 fully saturated rings. The van der Waals surface area contributed by atoms with Gasteiger partial charge >= 0.3 is 0 Å². The van der Waals surface area contributed by atoms with E-state index < -0.39 is 17.2 Å². The number of hydrogen-bond acceptors (Lipinski definition) is 1. The SMILES string of the molecule is NC1(c2c(F)ccc(Br)c2F)CCc2ccccc2C1. The highest BCUT2D eigenvalue weighted by Crippen LogP contribution is 2.38. The summed E-state index contributed by atoms with van der Waals surface area (Å²) in [5, 5.41) is 0. The third kappa shape index (κ3) is 2.17. The molecule has 0 spiro atoms. The molecule has 0 heterocycles. The van der Waals surface area contributed by atoms with E-state index in [1.807, 2.05) is 24.3 Å². The Morgan fingerprint density at radius 3 is 2.50 bits per heavy atom. The molecule has 0 amide bonds. The topological polar surface area (TPSA) is 26.0 Å². The molecule has 0 saturated heterocycles. The Kier molecular flexibility index (Phi) is 3.38. The number of aryl methyl sites for hydroxylation is 1. The predicted molar refractivity (Wildman–Crippen MR) is 78.4 cm³/mol. The molecule has 0 aromatic heterocycles. The minimum absolute atomic E-state index is 0.0126. The van der Waals surface area contributed by atoms with Gasteiger partial charge in [0, 0.05) is 5.56 Å². The molecule has 2 aromatic carbocycles. The van der Waals surface area contributed by atoms with Crippen molar-refractivity contribution in [3.8, 4) is 0 Å². The Labute approximate surface area is 124 Å². The number of benzene rings is 2. The van der Waals surface area contributed by atoms with Gasteiger partial charge in [-0.3, -0.25) is 0 Å². The van der Waals surface area contributed by atoms with E-state index in [1.54, 1.807) is 0 Å². The number of nitrogens with two attached hydrogens (primary N) is 1. The van der Waals surface area contributed by atoms with Gasteiger partial charge in [-0.1, -0.05) is 24.3 Å². The first-order valence-corrected chi connectivity index (χ1v) is 7.30. The second-order valence-corrected chi connectivity index (χ2v) is 6.17. The first-order valence-electron chi connectivity index (χ1n) is 6.51. The maximum atomic E-state index is 14.3. The molecular formula is C16H14BrF2N. The van der Waals surface area contributed by atoms with E-state index in [4.69, 9.17) is 5.73 Å². The molecule has 1 atom stereocenters. The molecule has 1 nitrogen and oxygen atoms in total. The highest BCUT2D eigenvalue weighted by Gasteiger charge is 2.37. The molecule has 0 radical (unpaired) electrons. The fourth-order valence-electron chi connectivity index (χ4n) is 2.96. The third-order valence-electron chi connectivity index (χ3n) is 4.01. The molecule has 0 aliphatic heterocycles. The van der Waals surface area contributed by atoms with Crippen molar-refractivity contribution in [2.45, 2.75) is 24.8 Å². The highest BCUT2D eigenvalue weighted by atomic mass is 79.9. The minimum atomic E-state index is -0.994. The quantitative estimate of drug-likeness (QED) is 0.780. The van der Waals surface area contributed by atoms with Crippen LogP contribution in [-0.4, -0.2) is 0 Å². The summed E-state index contributed by atoms with van der Waals surface area (Å²) in [6.45, 7) is 0. The van der Waals surface area contributed by atoms with Crippen molar-refractivity contribution in [1.29, 1.82) is 0 Å². The average Bonchev–Trinajstić information content (AvgIpc) is 2.43. The van der Waals surface area contributed by atoms with E-state index in [0.29, 0.717) is 12.8 Å². The molecule has 104 valence electrons. The lowest BCUT2D eigenvalue weighted by atomic mass is 9.74. The summed E-state index contributed by atoms with van der Waals surface area (Å²) in [5.41, 5.74) is 7.64. The number of halogens is 3. The number of rotatable bonds is 1. The lowest BCUT2D eigenvalue weighted by Crippen LogP contribution is -2.43. The van der Waals surface area contributed by atoms with Crippen LogP contribution >= 0.6 is 15.9 Å². The molecular weight excluding hydrogens is 324 g/mol. The summed E-state index contributed by atoms with van der Waals surface area (Å²) in [6, 6.07) is 10.6. The van der Waals surface area contributed by atoms with Crippen LogP contribution in [0.5, 0.6) is 0 Å². The van der Waals surface area contributed by atoms with Crippen LogP contribution in [0.3, 0.4) is 0 Å². The van der Waals surface area contributed by atoms with Crippen LogP contribution < -0.4 is 5.73 Å². The Hall–Kier alpha value is -1.26. The predicted octanol–water partition coefficient (Wildman–Crippen LogP) is 4.07. The molecule has 1 aliphatic carbocycles. The fraction of sp³-hybridized carbons (Fsp3) is 0.250. The molecule has 2 N–H and O–H groups in total. The van der Waals surface area contributed by atoms with Crippen molar-refractivity contribution in [3.63, 3.8) is 0 Å². The van der Waals surface area contributed by atoms with Gasteiger partial charge in [-0.15, -0.1) is 0 Å². The first-order chi connectivity index (χ1) is 9.51. The lowest BCUT2D eigenvalue weighted by Gasteiger charge is -2.35. The highest BCUT2D eigenvalue weighted by molar-refractivity contribution is 9.10. The van der Waals surface area contributed by atoms with Crippen molar-refractivity contribution in [3.05, 3.63) is 69.2 Å². The zero-order valence-electron chi connectivity index (χ0n) is 10.8. The summed E-state index contributed by atoms with van der Waals surface area (Å²) in [6.07, 6.45) is 1.72. The van der Waals surface area contributed by atoms with Crippen LogP contribution in [0.1, 0.15) is 23.1 Å². The van der Waals surface area contributed by atoms with Crippen molar-refractivity contribution < 1.29 is 8.78 Å². The van der Waals surface area contributed by atoms with Gasteiger partial charge in [0.25, 0.3) is 0 Å². The Morgan fingerprint density at radius 2 is 1.75 bits per heavy atom. The smallest absolute Gasteiger partial charge is 0.145 e.